The summed E-state index contributed by atoms with van der Waals surface area (Å²) in [6.07, 6.45) is 1.28. The van der Waals surface area contributed by atoms with Crippen LogP contribution >= 0.6 is 11.8 Å². The lowest BCUT2D eigenvalue weighted by molar-refractivity contribution is 0.463. The Kier molecular flexibility index (Phi) is 5.99. The first-order chi connectivity index (χ1) is 9.70. The van der Waals surface area contributed by atoms with Crippen LogP contribution in [0, 0.1) is 5.92 Å². The van der Waals surface area contributed by atoms with Gasteiger partial charge in [0.2, 0.25) is 0 Å². The van der Waals surface area contributed by atoms with E-state index in [9.17, 15) is 0 Å². The summed E-state index contributed by atoms with van der Waals surface area (Å²) in [4.78, 5) is 0. The summed E-state index contributed by atoms with van der Waals surface area (Å²) < 4.78 is 5.99. The molecular formula is C17H25NOS. The molecule has 3 heteroatoms. The van der Waals surface area contributed by atoms with Crippen molar-refractivity contribution in [1.82, 2.24) is 5.32 Å². The van der Waals surface area contributed by atoms with E-state index in [0.29, 0.717) is 6.04 Å². The number of nitrogens with one attached hydrogen (secondary N) is 1. The monoisotopic (exact) mass is 291 g/mol. The average molecular weight is 291 g/mol. The Morgan fingerprint density at radius 3 is 2.75 bits per heavy atom. The predicted molar refractivity (Wildman–Crippen MR) is 89.4 cm³/mol. The molecule has 0 fully saturated rings. The maximum Gasteiger partial charge on any atom is 0.134 e. The van der Waals surface area contributed by atoms with Gasteiger partial charge in [-0.05, 0) is 36.8 Å². The van der Waals surface area contributed by atoms with Gasteiger partial charge in [-0.3, -0.25) is 0 Å². The Morgan fingerprint density at radius 1 is 1.25 bits per heavy atom. The molecule has 1 aromatic carbocycles. The quantitative estimate of drug-likeness (QED) is 0.703. The molecule has 0 aliphatic rings. The Hall–Kier alpha value is -0.930. The molecule has 1 N–H and O–H groups in total. The molecule has 0 aliphatic heterocycles. The smallest absolute Gasteiger partial charge is 0.134 e. The van der Waals surface area contributed by atoms with Gasteiger partial charge in [-0.25, -0.2) is 0 Å². The van der Waals surface area contributed by atoms with E-state index in [1.54, 1.807) is 0 Å². The summed E-state index contributed by atoms with van der Waals surface area (Å²) in [5.74, 6) is 4.14. The van der Waals surface area contributed by atoms with Crippen LogP contribution < -0.4 is 5.32 Å². The summed E-state index contributed by atoms with van der Waals surface area (Å²) in [5, 5.41) is 4.73. The van der Waals surface area contributed by atoms with Gasteiger partial charge in [-0.2, -0.15) is 11.8 Å². The van der Waals surface area contributed by atoms with Crippen LogP contribution in [-0.4, -0.2) is 18.1 Å². The van der Waals surface area contributed by atoms with Crippen LogP contribution in [-0.2, 0) is 0 Å². The number of fused-ring (bicyclic) bond motifs is 1. The van der Waals surface area contributed by atoms with Crippen LogP contribution in [0.3, 0.4) is 0 Å². The largest absolute Gasteiger partial charge is 0.459 e. The fraction of sp³-hybridized carbons (Fsp3) is 0.529. The Labute approximate surface area is 126 Å². The van der Waals surface area contributed by atoms with Crippen molar-refractivity contribution in [2.75, 3.05) is 18.1 Å². The second-order valence-electron chi connectivity index (χ2n) is 5.55. The highest BCUT2D eigenvalue weighted by atomic mass is 32.2. The van der Waals surface area contributed by atoms with Gasteiger partial charge in [0, 0.05) is 11.1 Å². The van der Waals surface area contributed by atoms with Crippen molar-refractivity contribution in [3.05, 3.63) is 36.1 Å². The molecule has 20 heavy (non-hydrogen) atoms. The van der Waals surface area contributed by atoms with Gasteiger partial charge in [-0.15, -0.1) is 0 Å². The zero-order chi connectivity index (χ0) is 14.4. The van der Waals surface area contributed by atoms with Gasteiger partial charge < -0.3 is 9.73 Å². The van der Waals surface area contributed by atoms with Crippen molar-refractivity contribution >= 4 is 22.7 Å². The molecule has 0 saturated heterocycles. The topological polar surface area (TPSA) is 25.2 Å². The molecule has 0 aliphatic carbocycles. The van der Waals surface area contributed by atoms with E-state index in [4.69, 9.17) is 4.42 Å². The maximum absolute atomic E-state index is 5.99. The predicted octanol–water partition coefficient (Wildman–Crippen LogP) is 4.86. The van der Waals surface area contributed by atoms with Crippen LogP contribution in [0.5, 0.6) is 0 Å². The molecule has 0 saturated carbocycles. The van der Waals surface area contributed by atoms with Crippen molar-refractivity contribution in [3.8, 4) is 0 Å². The van der Waals surface area contributed by atoms with Crippen molar-refractivity contribution < 1.29 is 4.42 Å². The first-order valence-electron chi connectivity index (χ1n) is 7.50. The van der Waals surface area contributed by atoms with Gasteiger partial charge >= 0.3 is 0 Å². The molecule has 0 bridgehead atoms. The van der Waals surface area contributed by atoms with Crippen LogP contribution in [0.25, 0.3) is 11.0 Å². The standard InChI is InChI=1S/C17H25NOS/c1-4-18-15(12-20-10-9-13(2)3)17-11-14-7-5-6-8-16(14)19-17/h5-8,11,13,15,18H,4,9-10,12H2,1-3H3. The molecule has 1 atom stereocenters. The third-order valence-corrected chi connectivity index (χ3v) is 4.46. The molecule has 0 amide bonds. The fourth-order valence-electron chi connectivity index (χ4n) is 2.18. The third-order valence-electron chi connectivity index (χ3n) is 3.36. The number of para-hydroxylation sites is 1. The summed E-state index contributed by atoms with van der Waals surface area (Å²) in [5.41, 5.74) is 0.984. The van der Waals surface area contributed by atoms with Crippen LogP contribution in [0.1, 0.15) is 39.0 Å². The van der Waals surface area contributed by atoms with Gasteiger partial charge in [0.15, 0.2) is 0 Å². The van der Waals surface area contributed by atoms with E-state index in [1.165, 1.54) is 17.6 Å². The molecular weight excluding hydrogens is 266 g/mol. The number of rotatable bonds is 8. The molecule has 0 radical (unpaired) electrons. The van der Waals surface area contributed by atoms with Gasteiger partial charge in [0.25, 0.3) is 0 Å². The van der Waals surface area contributed by atoms with Crippen molar-refractivity contribution in [2.24, 2.45) is 5.92 Å². The van der Waals surface area contributed by atoms with Gasteiger partial charge in [0.1, 0.15) is 11.3 Å². The molecule has 1 aromatic heterocycles. The minimum atomic E-state index is 0.310. The molecule has 2 aromatic rings. The second-order valence-corrected chi connectivity index (χ2v) is 6.70. The van der Waals surface area contributed by atoms with E-state index in [1.807, 2.05) is 23.9 Å². The zero-order valence-electron chi connectivity index (χ0n) is 12.7. The van der Waals surface area contributed by atoms with Crippen molar-refractivity contribution in [1.29, 1.82) is 0 Å². The Bertz CT molecular complexity index is 487. The highest BCUT2D eigenvalue weighted by Crippen LogP contribution is 2.26. The van der Waals surface area contributed by atoms with Crippen molar-refractivity contribution in [2.45, 2.75) is 33.2 Å². The molecule has 2 nitrogen and oxygen atoms in total. The summed E-state index contributed by atoms with van der Waals surface area (Å²) in [6.45, 7) is 7.67. The lowest BCUT2D eigenvalue weighted by atomic mass is 10.2. The second kappa shape index (κ2) is 7.75. The molecule has 0 spiro atoms. The Balaban J connectivity index is 1.99. The van der Waals surface area contributed by atoms with Crippen LogP contribution in [0.15, 0.2) is 34.7 Å². The van der Waals surface area contributed by atoms with E-state index in [0.717, 1.165) is 29.6 Å². The lowest BCUT2D eigenvalue weighted by Gasteiger charge is -2.15. The first-order valence-corrected chi connectivity index (χ1v) is 8.65. The maximum atomic E-state index is 5.99. The van der Waals surface area contributed by atoms with E-state index in [2.05, 4.69) is 44.3 Å². The number of benzene rings is 1. The third kappa shape index (κ3) is 4.29. The normalized spacial score (nSPS) is 13.2. The highest BCUT2D eigenvalue weighted by molar-refractivity contribution is 7.99. The van der Waals surface area contributed by atoms with Gasteiger partial charge in [0.05, 0.1) is 6.04 Å². The highest BCUT2D eigenvalue weighted by Gasteiger charge is 2.15. The van der Waals surface area contributed by atoms with E-state index < -0.39 is 0 Å². The lowest BCUT2D eigenvalue weighted by Crippen LogP contribution is -2.22. The molecule has 2 rings (SSSR count). The zero-order valence-corrected chi connectivity index (χ0v) is 13.5. The Morgan fingerprint density at radius 2 is 2.05 bits per heavy atom. The minimum Gasteiger partial charge on any atom is -0.459 e. The minimum absolute atomic E-state index is 0.310. The number of furan rings is 1. The summed E-state index contributed by atoms with van der Waals surface area (Å²) in [7, 11) is 0. The number of hydrogen-bond acceptors (Lipinski definition) is 3. The molecule has 1 unspecified atom stereocenters. The van der Waals surface area contributed by atoms with E-state index >= 15 is 0 Å². The summed E-state index contributed by atoms with van der Waals surface area (Å²) >= 11 is 2.01. The van der Waals surface area contributed by atoms with Crippen LogP contribution in [0.4, 0.5) is 0 Å². The fourth-order valence-corrected chi connectivity index (χ4v) is 3.50. The van der Waals surface area contributed by atoms with E-state index in [-0.39, 0.29) is 0 Å². The first kappa shape index (κ1) is 15.5. The van der Waals surface area contributed by atoms with Crippen LogP contribution in [0.2, 0.25) is 0 Å². The number of thioether (sulfide) groups is 1. The van der Waals surface area contributed by atoms with Gasteiger partial charge in [-0.1, -0.05) is 39.0 Å². The molecule has 110 valence electrons. The average Bonchev–Trinajstić information content (AvgIpc) is 2.85. The SMILES string of the molecule is CCNC(CSCCC(C)C)c1cc2ccccc2o1. The molecule has 1 heterocycles. The summed E-state index contributed by atoms with van der Waals surface area (Å²) in [6, 6.07) is 10.7. The number of hydrogen-bond donors (Lipinski definition) is 1. The van der Waals surface area contributed by atoms with Crippen molar-refractivity contribution in [3.63, 3.8) is 0 Å².